The van der Waals surface area contributed by atoms with Gasteiger partial charge >= 0.3 is 24.1 Å². The minimum Gasteiger partial charge on any atom is -0.480 e. The summed E-state index contributed by atoms with van der Waals surface area (Å²) in [6.45, 7) is 7.18. The van der Waals surface area contributed by atoms with Crippen LogP contribution in [0.1, 0.15) is 71.8 Å². The minimum absolute atomic E-state index is 0.000540. The number of rotatable bonds is 14. The maximum absolute atomic E-state index is 12.1. The smallest absolute Gasteiger partial charge is 0.480 e. The third-order valence-corrected chi connectivity index (χ3v) is 4.68. The van der Waals surface area contributed by atoms with Crippen molar-refractivity contribution < 1.29 is 43.2 Å². The van der Waals surface area contributed by atoms with Gasteiger partial charge in [0.1, 0.15) is 11.6 Å². The highest BCUT2D eigenvalue weighted by molar-refractivity contribution is 5.79. The minimum atomic E-state index is -1.80. The van der Waals surface area contributed by atoms with Gasteiger partial charge in [0.25, 0.3) is 0 Å². The summed E-state index contributed by atoms with van der Waals surface area (Å²) in [7, 11) is 0. The molecule has 10 nitrogen and oxygen atoms in total. The second-order valence-corrected chi connectivity index (χ2v) is 8.10. The highest BCUT2D eigenvalue weighted by atomic mass is 16.7. The fraction of sp³-hybridized carbons (Fsp3) is 0.583. The monoisotopic (exact) mass is 481 g/mol. The number of ether oxygens (including phenoxy) is 4. The Morgan fingerprint density at radius 2 is 1.56 bits per heavy atom. The van der Waals surface area contributed by atoms with E-state index >= 15 is 0 Å². The molecule has 0 fully saturated rings. The number of nitrogens with two attached hydrogens (primary N) is 1. The van der Waals surface area contributed by atoms with E-state index in [9.17, 15) is 24.3 Å². The second kappa shape index (κ2) is 14.2. The molecule has 0 saturated heterocycles. The predicted molar refractivity (Wildman–Crippen MR) is 123 cm³/mol. The highest BCUT2D eigenvalue weighted by Gasteiger charge is 2.37. The third-order valence-electron chi connectivity index (χ3n) is 4.68. The van der Waals surface area contributed by atoms with Gasteiger partial charge in [0.05, 0.1) is 6.61 Å². The molecule has 0 spiro atoms. The molecule has 190 valence electrons. The molecule has 1 unspecified atom stereocenters. The number of benzene rings is 1. The Kier molecular flexibility index (Phi) is 12.1. The first-order valence-corrected chi connectivity index (χ1v) is 11.4. The summed E-state index contributed by atoms with van der Waals surface area (Å²) >= 11 is 0. The summed E-state index contributed by atoms with van der Waals surface area (Å²) in [6, 6.07) is 4.40. The number of hydrogen-bond donors (Lipinski definition) is 2. The maximum Gasteiger partial charge on any atom is 0.508 e. The molecule has 10 heteroatoms. The molecule has 0 aromatic heterocycles. The first-order valence-electron chi connectivity index (χ1n) is 11.4. The lowest BCUT2D eigenvalue weighted by atomic mass is 9.86. The van der Waals surface area contributed by atoms with Crippen LogP contribution >= 0.6 is 0 Å². The van der Waals surface area contributed by atoms with E-state index in [1.54, 1.807) is 0 Å². The first-order chi connectivity index (χ1) is 16.0. The van der Waals surface area contributed by atoms with Gasteiger partial charge in [-0.05, 0) is 43.9 Å². The number of carboxylic acid groups (broad SMARTS) is 1. The molecule has 0 radical (unpaired) electrons. The number of hydrogen-bond acceptors (Lipinski definition) is 9. The van der Waals surface area contributed by atoms with E-state index in [0.717, 1.165) is 0 Å². The lowest BCUT2D eigenvalue weighted by Gasteiger charge is -2.28. The van der Waals surface area contributed by atoms with E-state index in [1.807, 2.05) is 20.8 Å². The van der Waals surface area contributed by atoms with Gasteiger partial charge in [-0.1, -0.05) is 26.8 Å². The Bertz CT molecular complexity index is 855. The molecule has 1 aromatic carbocycles. The van der Waals surface area contributed by atoms with Gasteiger partial charge in [-0.3, -0.25) is 14.4 Å². The predicted octanol–water partition coefficient (Wildman–Crippen LogP) is 3.76. The van der Waals surface area contributed by atoms with Crippen LogP contribution in [0.25, 0.3) is 0 Å². The van der Waals surface area contributed by atoms with Crippen molar-refractivity contribution in [2.45, 2.75) is 84.3 Å². The molecule has 2 atom stereocenters. The molecule has 34 heavy (non-hydrogen) atoms. The van der Waals surface area contributed by atoms with Crippen LogP contribution in [0.3, 0.4) is 0 Å². The van der Waals surface area contributed by atoms with Crippen molar-refractivity contribution in [2.75, 3.05) is 6.61 Å². The summed E-state index contributed by atoms with van der Waals surface area (Å²) < 4.78 is 20.6. The van der Waals surface area contributed by atoms with Crippen molar-refractivity contribution in [3.63, 3.8) is 0 Å². The van der Waals surface area contributed by atoms with Crippen LogP contribution in [-0.2, 0) is 30.3 Å². The van der Waals surface area contributed by atoms with Gasteiger partial charge in [0.15, 0.2) is 11.5 Å². The van der Waals surface area contributed by atoms with Crippen molar-refractivity contribution in [2.24, 2.45) is 5.73 Å². The molecule has 0 amide bonds. The fourth-order valence-corrected chi connectivity index (χ4v) is 3.12. The normalized spacial score (nSPS) is 13.3. The van der Waals surface area contributed by atoms with E-state index in [-0.39, 0.29) is 43.8 Å². The summed E-state index contributed by atoms with van der Waals surface area (Å²) in [5.41, 5.74) is 4.82. The zero-order valence-corrected chi connectivity index (χ0v) is 20.3. The lowest BCUT2D eigenvalue weighted by Crippen LogP contribution is -2.52. The summed E-state index contributed by atoms with van der Waals surface area (Å²) in [6.07, 6.45) is 0.0265. The zero-order chi connectivity index (χ0) is 25.7. The quantitative estimate of drug-likeness (QED) is 0.297. The molecule has 0 aliphatic carbocycles. The van der Waals surface area contributed by atoms with Crippen LogP contribution in [0.2, 0.25) is 0 Å². The van der Waals surface area contributed by atoms with Crippen molar-refractivity contribution in [3.05, 3.63) is 23.8 Å². The molecule has 0 aliphatic rings. The van der Waals surface area contributed by atoms with Gasteiger partial charge in [0.2, 0.25) is 0 Å². The van der Waals surface area contributed by atoms with Crippen LogP contribution in [0.15, 0.2) is 18.2 Å². The van der Waals surface area contributed by atoms with Crippen LogP contribution in [0.4, 0.5) is 4.79 Å². The van der Waals surface area contributed by atoms with E-state index in [0.29, 0.717) is 24.8 Å². The molecule has 0 bridgehead atoms. The highest BCUT2D eigenvalue weighted by Crippen LogP contribution is 2.31. The molecular formula is C24H35NO9. The van der Waals surface area contributed by atoms with E-state index in [1.165, 1.54) is 25.1 Å². The van der Waals surface area contributed by atoms with E-state index < -0.39 is 35.7 Å². The number of aliphatic carboxylic acids is 1. The molecule has 0 heterocycles. The Hall–Kier alpha value is -3.14. The van der Waals surface area contributed by atoms with Gasteiger partial charge in [-0.2, -0.15) is 0 Å². The van der Waals surface area contributed by atoms with Gasteiger partial charge in [0, 0.05) is 25.7 Å². The molecule has 1 aromatic rings. The van der Waals surface area contributed by atoms with Gasteiger partial charge in [-0.15, -0.1) is 0 Å². The topological polar surface area (TPSA) is 151 Å². The molecule has 3 N–H and O–H groups in total. The van der Waals surface area contributed by atoms with Crippen LogP contribution in [-0.4, -0.2) is 47.4 Å². The number of carboxylic acids is 1. The van der Waals surface area contributed by atoms with Crippen molar-refractivity contribution in [1.82, 2.24) is 0 Å². The summed E-state index contributed by atoms with van der Waals surface area (Å²) in [4.78, 5) is 47.7. The second-order valence-electron chi connectivity index (χ2n) is 8.10. The van der Waals surface area contributed by atoms with E-state index in [4.69, 9.17) is 24.7 Å². The Morgan fingerprint density at radius 1 is 0.971 bits per heavy atom. The lowest BCUT2D eigenvalue weighted by molar-refractivity contribution is -0.144. The van der Waals surface area contributed by atoms with Crippen LogP contribution < -0.4 is 15.2 Å². The Balaban J connectivity index is 3.10. The van der Waals surface area contributed by atoms with Crippen molar-refractivity contribution in [3.8, 4) is 11.5 Å². The molecular weight excluding hydrogens is 446 g/mol. The molecule has 1 rings (SSSR count). The van der Waals surface area contributed by atoms with Crippen molar-refractivity contribution >= 4 is 24.1 Å². The van der Waals surface area contributed by atoms with Crippen LogP contribution in [0.5, 0.6) is 11.5 Å². The number of carbonyl (C=O) groups excluding carboxylic acids is 3. The van der Waals surface area contributed by atoms with Crippen molar-refractivity contribution in [1.29, 1.82) is 0 Å². The average Bonchev–Trinajstić information content (AvgIpc) is 2.74. The fourth-order valence-electron chi connectivity index (χ4n) is 3.12. The molecule has 0 saturated carbocycles. The van der Waals surface area contributed by atoms with Gasteiger partial charge < -0.3 is 29.8 Å². The largest absolute Gasteiger partial charge is 0.508 e. The summed E-state index contributed by atoms with van der Waals surface area (Å²) in [5, 5.41) is 9.78. The third kappa shape index (κ3) is 9.78. The number of carbonyl (C=O) groups is 4. The zero-order valence-electron chi connectivity index (χ0n) is 20.3. The van der Waals surface area contributed by atoms with E-state index in [2.05, 4.69) is 0 Å². The Morgan fingerprint density at radius 3 is 2.09 bits per heavy atom. The SMILES string of the molecule is CCCOC(=O)O[C@@H](C)CC(N)(Cc1ccc(OC(=O)CCC)c(OC(=O)CCC)c1)C(=O)O. The maximum atomic E-state index is 12.1. The first kappa shape index (κ1) is 28.9. The van der Waals surface area contributed by atoms with Gasteiger partial charge in [-0.25, -0.2) is 4.79 Å². The number of esters is 2. The average molecular weight is 482 g/mol. The standard InChI is InChI=1S/C24H35NO9/c1-5-8-20(26)33-18-11-10-17(13-19(18)34-21(27)9-6-2)15-24(25,22(28)29)14-16(4)32-23(30)31-12-7-3/h10-11,13,16H,5-9,12,14-15,25H2,1-4H3,(H,28,29)/t16-,24?/m0/s1. The summed E-state index contributed by atoms with van der Waals surface area (Å²) in [5.74, 6) is -2.24. The Labute approximate surface area is 199 Å². The van der Waals surface area contributed by atoms with Crippen LogP contribution in [0, 0.1) is 0 Å². The molecule has 0 aliphatic heterocycles.